The summed E-state index contributed by atoms with van der Waals surface area (Å²) in [5.41, 5.74) is 1.01. The van der Waals surface area contributed by atoms with Gasteiger partial charge in [-0.1, -0.05) is 12.2 Å². The minimum absolute atomic E-state index is 0.0720. The summed E-state index contributed by atoms with van der Waals surface area (Å²) in [5.74, 6) is 0.887. The Bertz CT molecular complexity index is 410. The van der Waals surface area contributed by atoms with Gasteiger partial charge in [-0.25, -0.2) is 4.98 Å². The summed E-state index contributed by atoms with van der Waals surface area (Å²) < 4.78 is 0. The summed E-state index contributed by atoms with van der Waals surface area (Å²) in [7, 11) is 1.79. The molecule has 5 nitrogen and oxygen atoms in total. The molecule has 0 saturated carbocycles. The van der Waals surface area contributed by atoms with Gasteiger partial charge in [0.1, 0.15) is 11.9 Å². The van der Waals surface area contributed by atoms with Crippen LogP contribution >= 0.6 is 0 Å². The molecule has 5 heteroatoms. The molecule has 1 aromatic heterocycles. The molecule has 0 spiro atoms. The van der Waals surface area contributed by atoms with Gasteiger partial charge in [0.2, 0.25) is 5.91 Å². The van der Waals surface area contributed by atoms with Crippen LogP contribution in [0.1, 0.15) is 11.5 Å². The lowest BCUT2D eigenvalue weighted by atomic mass is 10.3. The van der Waals surface area contributed by atoms with Crippen molar-refractivity contribution in [3.63, 3.8) is 0 Å². The van der Waals surface area contributed by atoms with E-state index in [9.17, 15) is 4.79 Å². The fraction of sp³-hybridized carbons (Fsp3) is 0.455. The van der Waals surface area contributed by atoms with Crippen LogP contribution in [0.2, 0.25) is 0 Å². The molecule has 2 rings (SSSR count). The summed E-state index contributed by atoms with van der Waals surface area (Å²) in [6.07, 6.45) is 5.63. The van der Waals surface area contributed by atoms with Crippen molar-refractivity contribution in [1.29, 1.82) is 0 Å². The standard InChI is InChI=1S/C11H16N4O/c1-8-6-13-10(14-8)7-15(2)11(16)9-4-3-5-12-9/h3-4,6,9,12H,5,7H2,1-2H3,(H,13,14)/t9-/m0/s1. The van der Waals surface area contributed by atoms with E-state index in [2.05, 4.69) is 15.3 Å². The number of hydrogen-bond acceptors (Lipinski definition) is 3. The summed E-state index contributed by atoms with van der Waals surface area (Å²) in [6, 6.07) is -0.180. The van der Waals surface area contributed by atoms with Crippen LogP contribution in [0.15, 0.2) is 18.3 Å². The highest BCUT2D eigenvalue weighted by atomic mass is 16.2. The first-order valence-electron chi connectivity index (χ1n) is 5.32. The molecule has 0 saturated heterocycles. The second-order valence-corrected chi connectivity index (χ2v) is 4.02. The molecule has 1 aliphatic rings. The number of aryl methyl sites for hydroxylation is 1. The van der Waals surface area contributed by atoms with Crippen LogP contribution in [0, 0.1) is 6.92 Å². The Morgan fingerprint density at radius 2 is 2.50 bits per heavy atom. The number of nitrogens with zero attached hydrogens (tertiary/aromatic N) is 2. The number of H-pyrrole nitrogens is 1. The molecule has 0 fully saturated rings. The zero-order valence-corrected chi connectivity index (χ0v) is 9.53. The molecule has 16 heavy (non-hydrogen) atoms. The molecular formula is C11H16N4O. The van der Waals surface area contributed by atoms with Gasteiger partial charge in [-0.05, 0) is 6.92 Å². The predicted octanol–water partition coefficient (Wildman–Crippen LogP) is 0.205. The number of rotatable bonds is 3. The van der Waals surface area contributed by atoms with Crippen LogP contribution in [0.25, 0.3) is 0 Å². The average molecular weight is 220 g/mol. The highest BCUT2D eigenvalue weighted by molar-refractivity contribution is 5.84. The molecule has 1 atom stereocenters. The van der Waals surface area contributed by atoms with E-state index >= 15 is 0 Å². The van der Waals surface area contributed by atoms with Crippen molar-refractivity contribution in [2.75, 3.05) is 13.6 Å². The molecule has 0 aromatic carbocycles. The monoisotopic (exact) mass is 220 g/mol. The zero-order valence-electron chi connectivity index (χ0n) is 9.53. The highest BCUT2D eigenvalue weighted by Crippen LogP contribution is 2.04. The third-order valence-corrected chi connectivity index (χ3v) is 2.57. The van der Waals surface area contributed by atoms with Crippen molar-refractivity contribution in [3.05, 3.63) is 29.9 Å². The van der Waals surface area contributed by atoms with Gasteiger partial charge >= 0.3 is 0 Å². The Hall–Kier alpha value is -1.62. The number of aromatic amines is 1. The number of aromatic nitrogens is 2. The number of carbonyl (C=O) groups is 1. The minimum Gasteiger partial charge on any atom is -0.345 e. The van der Waals surface area contributed by atoms with Crippen LogP contribution in [-0.2, 0) is 11.3 Å². The second-order valence-electron chi connectivity index (χ2n) is 4.02. The van der Waals surface area contributed by atoms with Gasteiger partial charge in [-0.3, -0.25) is 10.1 Å². The molecule has 1 aromatic rings. The number of imidazole rings is 1. The maximum Gasteiger partial charge on any atom is 0.243 e. The molecular weight excluding hydrogens is 204 g/mol. The average Bonchev–Trinajstić information content (AvgIpc) is 2.88. The molecule has 0 unspecified atom stereocenters. The topological polar surface area (TPSA) is 61.0 Å². The van der Waals surface area contributed by atoms with Crippen LogP contribution in [0.3, 0.4) is 0 Å². The summed E-state index contributed by atoms with van der Waals surface area (Å²) in [5, 5.41) is 3.10. The van der Waals surface area contributed by atoms with Gasteiger partial charge in [0, 0.05) is 25.5 Å². The largest absolute Gasteiger partial charge is 0.345 e. The van der Waals surface area contributed by atoms with Crippen LogP contribution < -0.4 is 5.32 Å². The molecule has 0 radical (unpaired) electrons. The Balaban J connectivity index is 1.94. The maximum absolute atomic E-state index is 11.9. The lowest BCUT2D eigenvalue weighted by Crippen LogP contribution is -2.41. The molecule has 1 amide bonds. The van der Waals surface area contributed by atoms with E-state index in [1.807, 2.05) is 19.1 Å². The number of likely N-dealkylation sites (N-methyl/N-ethyl adjacent to an activating group) is 1. The summed E-state index contributed by atoms with van der Waals surface area (Å²) >= 11 is 0. The van der Waals surface area contributed by atoms with E-state index in [4.69, 9.17) is 0 Å². The van der Waals surface area contributed by atoms with Gasteiger partial charge in [0.05, 0.1) is 6.54 Å². The van der Waals surface area contributed by atoms with E-state index in [0.29, 0.717) is 6.54 Å². The van der Waals surface area contributed by atoms with Crippen molar-refractivity contribution in [2.45, 2.75) is 19.5 Å². The molecule has 0 bridgehead atoms. The molecule has 2 N–H and O–H groups in total. The van der Waals surface area contributed by atoms with Gasteiger partial charge < -0.3 is 9.88 Å². The SMILES string of the molecule is Cc1cnc(CN(C)C(=O)[C@@H]2C=CCN2)[nH]1. The fourth-order valence-electron chi connectivity index (χ4n) is 1.72. The molecule has 86 valence electrons. The van der Waals surface area contributed by atoms with Crippen molar-refractivity contribution in [3.8, 4) is 0 Å². The number of carbonyl (C=O) groups excluding carboxylic acids is 1. The van der Waals surface area contributed by atoms with E-state index in [0.717, 1.165) is 18.1 Å². The van der Waals surface area contributed by atoms with Crippen molar-refractivity contribution >= 4 is 5.91 Å². The lowest BCUT2D eigenvalue weighted by Gasteiger charge is -2.19. The van der Waals surface area contributed by atoms with Crippen molar-refractivity contribution < 1.29 is 4.79 Å². The quantitative estimate of drug-likeness (QED) is 0.716. The Morgan fingerprint density at radius 3 is 3.06 bits per heavy atom. The molecule has 1 aliphatic heterocycles. The van der Waals surface area contributed by atoms with Crippen LogP contribution in [0.5, 0.6) is 0 Å². The number of hydrogen-bond donors (Lipinski definition) is 2. The first-order chi connectivity index (χ1) is 7.66. The third kappa shape index (κ3) is 2.30. The van der Waals surface area contributed by atoms with E-state index in [-0.39, 0.29) is 11.9 Å². The Labute approximate surface area is 94.6 Å². The minimum atomic E-state index is -0.180. The summed E-state index contributed by atoms with van der Waals surface area (Å²) in [6.45, 7) is 3.22. The molecule has 0 aliphatic carbocycles. The second kappa shape index (κ2) is 4.49. The maximum atomic E-state index is 11.9. The van der Waals surface area contributed by atoms with Crippen molar-refractivity contribution in [2.24, 2.45) is 0 Å². The van der Waals surface area contributed by atoms with E-state index < -0.39 is 0 Å². The van der Waals surface area contributed by atoms with Gasteiger partial charge in [0.25, 0.3) is 0 Å². The number of amides is 1. The normalized spacial score (nSPS) is 19.0. The van der Waals surface area contributed by atoms with Gasteiger partial charge in [-0.15, -0.1) is 0 Å². The third-order valence-electron chi connectivity index (χ3n) is 2.57. The van der Waals surface area contributed by atoms with E-state index in [1.165, 1.54) is 0 Å². The van der Waals surface area contributed by atoms with Crippen molar-refractivity contribution in [1.82, 2.24) is 20.2 Å². The molecule has 2 heterocycles. The van der Waals surface area contributed by atoms with Crippen LogP contribution in [-0.4, -0.2) is 40.4 Å². The van der Waals surface area contributed by atoms with Gasteiger partial charge in [-0.2, -0.15) is 0 Å². The fourth-order valence-corrected chi connectivity index (χ4v) is 1.72. The Kier molecular flexibility index (Phi) is 3.05. The first kappa shape index (κ1) is 10.9. The number of nitrogens with one attached hydrogen (secondary N) is 2. The predicted molar refractivity (Wildman–Crippen MR) is 60.7 cm³/mol. The van der Waals surface area contributed by atoms with Crippen LogP contribution in [0.4, 0.5) is 0 Å². The van der Waals surface area contributed by atoms with E-state index in [1.54, 1.807) is 18.1 Å². The van der Waals surface area contributed by atoms with Gasteiger partial charge in [0.15, 0.2) is 0 Å². The summed E-state index contributed by atoms with van der Waals surface area (Å²) in [4.78, 5) is 20.9. The smallest absolute Gasteiger partial charge is 0.243 e. The lowest BCUT2D eigenvalue weighted by molar-refractivity contribution is -0.131. The highest BCUT2D eigenvalue weighted by Gasteiger charge is 2.21. The zero-order chi connectivity index (χ0) is 11.5. The first-order valence-corrected chi connectivity index (χ1v) is 5.32. The Morgan fingerprint density at radius 1 is 1.69 bits per heavy atom.